The van der Waals surface area contributed by atoms with E-state index in [4.69, 9.17) is 11.6 Å². The molecule has 1 aliphatic rings. The molecule has 0 aliphatic heterocycles. The monoisotopic (exact) mass is 271 g/mol. The van der Waals surface area contributed by atoms with Crippen LogP contribution in [0.1, 0.15) is 38.0 Å². The third-order valence-corrected chi connectivity index (χ3v) is 5.07. The van der Waals surface area contributed by atoms with Gasteiger partial charge in [-0.1, -0.05) is 31.9 Å². The molecule has 1 aliphatic carbocycles. The Morgan fingerprint density at radius 2 is 2.29 bits per heavy atom. The third-order valence-electron chi connectivity index (χ3n) is 3.82. The largest absolute Gasteiger partial charge is 0.314 e. The van der Waals surface area contributed by atoms with Crippen molar-refractivity contribution >= 4 is 22.9 Å². The van der Waals surface area contributed by atoms with Crippen LogP contribution in [0.3, 0.4) is 0 Å². The SMILES string of the molecule is CCNC(Cc1ccc(Cl)s1)C1CCC(C)C1. The molecule has 17 heavy (non-hydrogen) atoms. The molecule has 0 aromatic carbocycles. The van der Waals surface area contributed by atoms with Crippen molar-refractivity contribution in [3.05, 3.63) is 21.3 Å². The summed E-state index contributed by atoms with van der Waals surface area (Å²) in [4.78, 5) is 1.42. The number of hydrogen-bond donors (Lipinski definition) is 1. The van der Waals surface area contributed by atoms with Gasteiger partial charge in [-0.3, -0.25) is 0 Å². The van der Waals surface area contributed by atoms with Crippen molar-refractivity contribution in [3.63, 3.8) is 0 Å². The normalized spacial score (nSPS) is 26.3. The summed E-state index contributed by atoms with van der Waals surface area (Å²) in [6.45, 7) is 5.65. The van der Waals surface area contributed by atoms with Crippen LogP contribution >= 0.6 is 22.9 Å². The van der Waals surface area contributed by atoms with Crippen LogP contribution in [0.15, 0.2) is 12.1 Å². The van der Waals surface area contributed by atoms with Gasteiger partial charge in [0.05, 0.1) is 4.34 Å². The number of thiophene rings is 1. The Bertz CT molecular complexity index is 350. The van der Waals surface area contributed by atoms with Gasteiger partial charge >= 0.3 is 0 Å². The van der Waals surface area contributed by atoms with Gasteiger partial charge in [-0.15, -0.1) is 11.3 Å². The molecule has 1 N–H and O–H groups in total. The Kier molecular flexibility index (Phi) is 4.89. The second-order valence-corrected chi connectivity index (χ2v) is 7.05. The molecule has 0 amide bonds. The second-order valence-electron chi connectivity index (χ2n) is 5.25. The average Bonchev–Trinajstić information content (AvgIpc) is 2.87. The first kappa shape index (κ1) is 13.4. The van der Waals surface area contributed by atoms with Crippen molar-refractivity contribution in [2.45, 2.75) is 45.6 Å². The van der Waals surface area contributed by atoms with Crippen LogP contribution in [-0.2, 0) is 6.42 Å². The lowest BCUT2D eigenvalue weighted by molar-refractivity contribution is 0.355. The van der Waals surface area contributed by atoms with E-state index in [9.17, 15) is 0 Å². The molecule has 3 heteroatoms. The minimum absolute atomic E-state index is 0.639. The molecule has 1 heterocycles. The summed E-state index contributed by atoms with van der Waals surface area (Å²) in [6, 6.07) is 4.83. The minimum Gasteiger partial charge on any atom is -0.314 e. The molecule has 0 radical (unpaired) electrons. The van der Waals surface area contributed by atoms with Crippen molar-refractivity contribution in [3.8, 4) is 0 Å². The molecule has 3 atom stereocenters. The molecule has 1 fully saturated rings. The molecular weight excluding hydrogens is 250 g/mol. The van der Waals surface area contributed by atoms with Crippen molar-refractivity contribution in [1.82, 2.24) is 5.32 Å². The van der Waals surface area contributed by atoms with E-state index >= 15 is 0 Å². The zero-order valence-electron chi connectivity index (χ0n) is 10.7. The Balaban J connectivity index is 1.97. The summed E-state index contributed by atoms with van der Waals surface area (Å²) < 4.78 is 0.912. The fourth-order valence-electron chi connectivity index (χ4n) is 2.96. The fourth-order valence-corrected chi connectivity index (χ4v) is 4.11. The lowest BCUT2D eigenvalue weighted by Crippen LogP contribution is -2.36. The molecular formula is C14H22ClNS. The van der Waals surface area contributed by atoms with E-state index in [2.05, 4.69) is 25.2 Å². The van der Waals surface area contributed by atoms with Crippen molar-refractivity contribution in [2.24, 2.45) is 11.8 Å². The van der Waals surface area contributed by atoms with E-state index in [-0.39, 0.29) is 0 Å². The summed E-state index contributed by atoms with van der Waals surface area (Å²) >= 11 is 7.73. The van der Waals surface area contributed by atoms with Crippen LogP contribution in [-0.4, -0.2) is 12.6 Å². The van der Waals surface area contributed by atoms with Crippen molar-refractivity contribution in [1.29, 1.82) is 0 Å². The first-order valence-corrected chi connectivity index (χ1v) is 7.86. The lowest BCUT2D eigenvalue weighted by Gasteiger charge is -2.24. The molecule has 1 aromatic heterocycles. The molecule has 2 rings (SSSR count). The summed E-state index contributed by atoms with van der Waals surface area (Å²) in [7, 11) is 0. The maximum Gasteiger partial charge on any atom is 0.0931 e. The van der Waals surface area contributed by atoms with E-state index in [1.54, 1.807) is 11.3 Å². The smallest absolute Gasteiger partial charge is 0.0931 e. The highest BCUT2D eigenvalue weighted by atomic mass is 35.5. The van der Waals surface area contributed by atoms with E-state index in [0.717, 1.165) is 29.1 Å². The average molecular weight is 272 g/mol. The van der Waals surface area contributed by atoms with Gasteiger partial charge in [0.15, 0.2) is 0 Å². The highest BCUT2D eigenvalue weighted by molar-refractivity contribution is 7.16. The second kappa shape index (κ2) is 6.21. The molecule has 96 valence electrons. The number of likely N-dealkylation sites (N-methyl/N-ethyl adjacent to an activating group) is 1. The molecule has 0 spiro atoms. The van der Waals surface area contributed by atoms with Gasteiger partial charge in [-0.05, 0) is 49.8 Å². The van der Waals surface area contributed by atoms with Gasteiger partial charge in [-0.2, -0.15) is 0 Å². The highest BCUT2D eigenvalue weighted by Gasteiger charge is 2.28. The summed E-state index contributed by atoms with van der Waals surface area (Å²) in [5.74, 6) is 1.76. The summed E-state index contributed by atoms with van der Waals surface area (Å²) in [5, 5.41) is 3.67. The zero-order valence-corrected chi connectivity index (χ0v) is 12.3. The minimum atomic E-state index is 0.639. The Labute approximate surface area is 114 Å². The maximum atomic E-state index is 6.00. The van der Waals surface area contributed by atoms with Gasteiger partial charge in [0.25, 0.3) is 0 Å². The lowest BCUT2D eigenvalue weighted by atomic mass is 9.94. The predicted molar refractivity (Wildman–Crippen MR) is 77.0 cm³/mol. The third kappa shape index (κ3) is 3.70. The van der Waals surface area contributed by atoms with Crippen LogP contribution in [0.25, 0.3) is 0 Å². The van der Waals surface area contributed by atoms with Gasteiger partial charge in [0.1, 0.15) is 0 Å². The first-order valence-electron chi connectivity index (χ1n) is 6.66. The van der Waals surface area contributed by atoms with Crippen molar-refractivity contribution < 1.29 is 0 Å². The van der Waals surface area contributed by atoms with Gasteiger partial charge in [0.2, 0.25) is 0 Å². The summed E-state index contributed by atoms with van der Waals surface area (Å²) in [5.41, 5.74) is 0. The Hall–Kier alpha value is -0.0500. The van der Waals surface area contributed by atoms with Gasteiger partial charge in [0, 0.05) is 10.9 Å². The van der Waals surface area contributed by atoms with Crippen LogP contribution in [0.4, 0.5) is 0 Å². The van der Waals surface area contributed by atoms with E-state index in [1.165, 1.54) is 24.1 Å². The number of nitrogens with one attached hydrogen (secondary N) is 1. The highest BCUT2D eigenvalue weighted by Crippen LogP contribution is 2.34. The zero-order chi connectivity index (χ0) is 12.3. The summed E-state index contributed by atoms with van der Waals surface area (Å²) in [6.07, 6.45) is 5.31. The van der Waals surface area contributed by atoms with Crippen LogP contribution in [0.2, 0.25) is 4.34 Å². The van der Waals surface area contributed by atoms with Gasteiger partial charge < -0.3 is 5.32 Å². The van der Waals surface area contributed by atoms with E-state index < -0.39 is 0 Å². The standard InChI is InChI=1S/C14H22ClNS/c1-3-16-13(11-5-4-10(2)8-11)9-12-6-7-14(15)17-12/h6-7,10-11,13,16H,3-5,8-9H2,1-2H3. The van der Waals surface area contributed by atoms with Gasteiger partial charge in [-0.25, -0.2) is 0 Å². The number of rotatable bonds is 5. The first-order chi connectivity index (χ1) is 8.19. The Morgan fingerprint density at radius 3 is 2.82 bits per heavy atom. The number of halogens is 1. The van der Waals surface area contributed by atoms with Crippen LogP contribution in [0.5, 0.6) is 0 Å². The molecule has 1 aromatic rings. The molecule has 0 bridgehead atoms. The quantitative estimate of drug-likeness (QED) is 0.839. The Morgan fingerprint density at radius 1 is 1.47 bits per heavy atom. The molecule has 1 nitrogen and oxygen atoms in total. The number of hydrogen-bond acceptors (Lipinski definition) is 2. The van der Waals surface area contributed by atoms with Crippen LogP contribution < -0.4 is 5.32 Å². The van der Waals surface area contributed by atoms with E-state index in [1.807, 2.05) is 6.07 Å². The topological polar surface area (TPSA) is 12.0 Å². The fraction of sp³-hybridized carbons (Fsp3) is 0.714. The van der Waals surface area contributed by atoms with Crippen molar-refractivity contribution in [2.75, 3.05) is 6.54 Å². The van der Waals surface area contributed by atoms with Crippen LogP contribution in [0, 0.1) is 11.8 Å². The maximum absolute atomic E-state index is 6.00. The molecule has 1 saturated carbocycles. The molecule has 3 unspecified atom stereocenters. The van der Waals surface area contributed by atoms with E-state index in [0.29, 0.717) is 6.04 Å². The predicted octanol–water partition coefficient (Wildman–Crippen LogP) is 4.36. The molecule has 0 saturated heterocycles.